The van der Waals surface area contributed by atoms with Gasteiger partial charge in [-0.25, -0.2) is 9.78 Å². The highest BCUT2D eigenvalue weighted by atomic mass is 16.6. The van der Waals surface area contributed by atoms with E-state index in [0.29, 0.717) is 5.75 Å². The number of amides is 2. The number of hydrogen-bond acceptors (Lipinski definition) is 11. The maximum Gasteiger partial charge on any atom is 0.410 e. The van der Waals surface area contributed by atoms with Gasteiger partial charge in [0.2, 0.25) is 17.7 Å². The van der Waals surface area contributed by atoms with Crippen molar-refractivity contribution >= 4 is 35.1 Å². The van der Waals surface area contributed by atoms with Gasteiger partial charge in [-0.05, 0) is 66.3 Å². The van der Waals surface area contributed by atoms with E-state index >= 15 is 0 Å². The molecule has 0 radical (unpaired) electrons. The largest absolute Gasteiger partial charge is 0.471 e. The van der Waals surface area contributed by atoms with E-state index in [4.69, 9.17) is 18.9 Å². The molecular weight excluding hydrogens is 753 g/mol. The molecule has 1 aliphatic carbocycles. The van der Waals surface area contributed by atoms with Crippen LogP contribution in [0.5, 0.6) is 11.6 Å². The molecule has 2 amide bonds. The van der Waals surface area contributed by atoms with Gasteiger partial charge in [-0.15, -0.1) is 0 Å². The van der Waals surface area contributed by atoms with Crippen LogP contribution in [-0.4, -0.2) is 79.9 Å². The third-order valence-corrected chi connectivity index (χ3v) is 10.2. The Kier molecular flexibility index (Phi) is 11.1. The average molecular weight is 797 g/mol. The van der Waals surface area contributed by atoms with Crippen molar-refractivity contribution < 1.29 is 38.4 Å². The maximum atomic E-state index is 13.8. The van der Waals surface area contributed by atoms with E-state index in [0.717, 1.165) is 33.4 Å². The number of imidazole rings is 1. The molecule has 6 aromatic rings. The van der Waals surface area contributed by atoms with E-state index in [1.54, 1.807) is 49.6 Å². The molecule has 4 aromatic carbocycles. The number of hydrogen-bond donors (Lipinski definition) is 2. The number of anilines is 1. The number of nitrogens with zero attached hydrogens (tertiary/aromatic N) is 5. The lowest BCUT2D eigenvalue weighted by molar-refractivity contribution is -0.143. The zero-order chi connectivity index (χ0) is 41.1. The smallest absolute Gasteiger partial charge is 0.410 e. The van der Waals surface area contributed by atoms with Crippen LogP contribution in [0, 0.1) is 5.41 Å². The summed E-state index contributed by atoms with van der Waals surface area (Å²) in [6, 6.07) is 32.4. The number of nitrogens with one attached hydrogen (secondary N) is 1. The fourth-order valence-corrected chi connectivity index (χ4v) is 7.18. The van der Waals surface area contributed by atoms with Crippen LogP contribution in [0.3, 0.4) is 0 Å². The van der Waals surface area contributed by atoms with E-state index < -0.39 is 23.8 Å². The maximum absolute atomic E-state index is 13.8. The molecule has 2 aromatic heterocycles. The van der Waals surface area contributed by atoms with Crippen molar-refractivity contribution in [1.29, 1.82) is 0 Å². The van der Waals surface area contributed by atoms with Gasteiger partial charge in [0.1, 0.15) is 25.1 Å². The fraction of sp³-hybridized carbons (Fsp3) is 0.289. The van der Waals surface area contributed by atoms with Crippen molar-refractivity contribution in [3.63, 3.8) is 0 Å². The molecule has 14 heteroatoms. The molecular formula is C45H44N6O8. The molecule has 0 unspecified atom stereocenters. The number of carbonyl (C=O) groups is 3. The lowest BCUT2D eigenvalue weighted by atomic mass is 9.97. The summed E-state index contributed by atoms with van der Waals surface area (Å²) in [7, 11) is 0. The SMILES string of the molecule is CC(C)(C)C(=O)Oc1ccc(COc2nc(NC(=O)Cc3ccccc3)nc3c2ncn3[C@H]2CN(C(=O)OCC3c4ccccc4-c4ccccc43)C[C@@H](CO)O2)cc1. The topological polar surface area (TPSA) is 167 Å². The molecule has 0 saturated carbocycles. The van der Waals surface area contributed by atoms with Gasteiger partial charge in [0, 0.05) is 5.92 Å². The number of fused-ring (bicyclic) bond motifs is 4. The minimum Gasteiger partial charge on any atom is -0.471 e. The molecule has 1 fully saturated rings. The Bertz CT molecular complexity index is 2440. The van der Waals surface area contributed by atoms with Gasteiger partial charge in [0.25, 0.3) is 0 Å². The molecule has 302 valence electrons. The van der Waals surface area contributed by atoms with E-state index in [-0.39, 0.29) is 80.1 Å². The van der Waals surface area contributed by atoms with Gasteiger partial charge < -0.3 is 29.0 Å². The predicted molar refractivity (Wildman–Crippen MR) is 218 cm³/mol. The Hall–Kier alpha value is -6.64. The Labute approximate surface area is 340 Å². The monoisotopic (exact) mass is 796 g/mol. The number of benzene rings is 4. The van der Waals surface area contributed by atoms with Crippen molar-refractivity contribution in [3.8, 4) is 22.8 Å². The van der Waals surface area contributed by atoms with Gasteiger partial charge in [0.15, 0.2) is 17.4 Å². The Morgan fingerprint density at radius 1 is 0.847 bits per heavy atom. The number of carbonyl (C=O) groups excluding carboxylic acids is 3. The number of esters is 1. The normalized spacial score (nSPS) is 16.3. The number of aliphatic hydroxyl groups excluding tert-OH is 1. The summed E-state index contributed by atoms with van der Waals surface area (Å²) < 4.78 is 25.6. The number of ether oxygens (including phenoxy) is 4. The van der Waals surface area contributed by atoms with E-state index in [9.17, 15) is 19.5 Å². The van der Waals surface area contributed by atoms with Gasteiger partial charge in [0.05, 0.1) is 37.9 Å². The van der Waals surface area contributed by atoms with Crippen LogP contribution in [0.15, 0.2) is 109 Å². The van der Waals surface area contributed by atoms with Crippen LogP contribution >= 0.6 is 0 Å². The fourth-order valence-electron chi connectivity index (χ4n) is 7.18. The zero-order valence-electron chi connectivity index (χ0n) is 32.9. The van der Waals surface area contributed by atoms with Crippen LogP contribution in [0.2, 0.25) is 0 Å². The van der Waals surface area contributed by atoms with Gasteiger partial charge in [-0.2, -0.15) is 9.97 Å². The molecule has 0 bridgehead atoms. The van der Waals surface area contributed by atoms with Crippen LogP contribution in [0.4, 0.5) is 10.7 Å². The Morgan fingerprint density at radius 2 is 1.53 bits per heavy atom. The first-order valence-electron chi connectivity index (χ1n) is 19.4. The van der Waals surface area contributed by atoms with Crippen molar-refractivity contribution in [3.05, 3.63) is 132 Å². The quantitative estimate of drug-likeness (QED) is 0.106. The minimum atomic E-state index is -0.842. The highest BCUT2D eigenvalue weighted by Crippen LogP contribution is 2.44. The highest BCUT2D eigenvalue weighted by molar-refractivity contribution is 5.92. The molecule has 2 aliphatic rings. The van der Waals surface area contributed by atoms with Crippen molar-refractivity contribution in [1.82, 2.24) is 24.4 Å². The van der Waals surface area contributed by atoms with E-state index in [1.165, 1.54) is 11.2 Å². The molecule has 59 heavy (non-hydrogen) atoms. The van der Waals surface area contributed by atoms with E-state index in [2.05, 4.69) is 44.5 Å². The molecule has 1 saturated heterocycles. The first-order chi connectivity index (χ1) is 28.5. The second kappa shape index (κ2) is 16.7. The van der Waals surface area contributed by atoms with Crippen LogP contribution in [0.1, 0.15) is 55.2 Å². The molecule has 2 N–H and O–H groups in total. The summed E-state index contributed by atoms with van der Waals surface area (Å²) in [5, 5.41) is 13.1. The van der Waals surface area contributed by atoms with Gasteiger partial charge in [-0.3, -0.25) is 19.5 Å². The molecule has 14 nitrogen and oxygen atoms in total. The molecule has 2 atom stereocenters. The second-order valence-electron chi connectivity index (χ2n) is 15.6. The molecule has 8 rings (SSSR count). The number of morpholine rings is 1. The highest BCUT2D eigenvalue weighted by Gasteiger charge is 2.35. The van der Waals surface area contributed by atoms with Crippen molar-refractivity contribution in [2.24, 2.45) is 5.41 Å². The first-order valence-corrected chi connectivity index (χ1v) is 19.4. The lowest BCUT2D eigenvalue weighted by Gasteiger charge is -2.37. The second-order valence-corrected chi connectivity index (χ2v) is 15.6. The van der Waals surface area contributed by atoms with Crippen LogP contribution < -0.4 is 14.8 Å². The summed E-state index contributed by atoms with van der Waals surface area (Å²) >= 11 is 0. The number of aromatic nitrogens is 4. The number of rotatable bonds is 11. The molecule has 0 spiro atoms. The molecule has 1 aliphatic heterocycles. The summed E-state index contributed by atoms with van der Waals surface area (Å²) in [5.41, 5.74) is 5.91. The Balaban J connectivity index is 1.03. The third kappa shape index (κ3) is 8.64. The van der Waals surface area contributed by atoms with Crippen LogP contribution in [-0.2, 0) is 32.1 Å². The summed E-state index contributed by atoms with van der Waals surface area (Å²) in [4.78, 5) is 54.6. The van der Waals surface area contributed by atoms with Gasteiger partial charge in [-0.1, -0.05) is 91.0 Å². The third-order valence-electron chi connectivity index (χ3n) is 10.2. The zero-order valence-corrected chi connectivity index (χ0v) is 32.9. The lowest BCUT2D eigenvalue weighted by Crippen LogP contribution is -2.49. The summed E-state index contributed by atoms with van der Waals surface area (Å²) in [6.07, 6.45) is -0.538. The predicted octanol–water partition coefficient (Wildman–Crippen LogP) is 6.68. The summed E-state index contributed by atoms with van der Waals surface area (Å²) in [6.45, 7) is 5.36. The number of aliphatic hydroxyl groups is 1. The van der Waals surface area contributed by atoms with Crippen LogP contribution in [0.25, 0.3) is 22.3 Å². The standard InChI is InChI=1S/C45H44N6O8/c1-45(2,3)42(54)59-30-19-17-29(18-20-30)25-56-41-39-40(48-43(49-41)47-37(53)21-28-11-5-4-6-12-28)51(27-46-39)38-23-50(22-31(24-52)58-38)44(55)57-26-36-34-15-9-7-13-32(34)33-14-8-10-16-35(33)36/h4-20,27,31,36,38,52H,21-26H2,1-3H3,(H,47,48,49,53)/t31-,38+/m0/s1. The first kappa shape index (κ1) is 39.2. The molecule has 3 heterocycles. The minimum absolute atomic E-state index is 0.0254. The van der Waals surface area contributed by atoms with Gasteiger partial charge >= 0.3 is 12.1 Å². The van der Waals surface area contributed by atoms with Crippen molar-refractivity contribution in [2.75, 3.05) is 31.6 Å². The average Bonchev–Trinajstić information content (AvgIpc) is 3.81. The van der Waals surface area contributed by atoms with Crippen molar-refractivity contribution in [2.45, 2.75) is 52.0 Å². The Morgan fingerprint density at radius 3 is 2.20 bits per heavy atom. The van der Waals surface area contributed by atoms with E-state index in [1.807, 2.05) is 54.6 Å². The summed E-state index contributed by atoms with van der Waals surface area (Å²) in [5.74, 6) is -0.345.